The average Bonchev–Trinajstić information content (AvgIpc) is 2.91. The zero-order chi connectivity index (χ0) is 26.6. The minimum absolute atomic E-state index is 0.0231. The minimum Gasteiger partial charge on any atom is -0.389 e. The van der Waals surface area contributed by atoms with Crippen LogP contribution < -0.4 is 5.56 Å². The number of aliphatic hydroxyl groups excluding tert-OH is 1. The first-order valence-corrected chi connectivity index (χ1v) is 14.2. The molecule has 3 aromatic rings. The van der Waals surface area contributed by atoms with Crippen molar-refractivity contribution in [2.75, 3.05) is 45.7 Å². The Bertz CT molecular complexity index is 1430. The summed E-state index contributed by atoms with van der Waals surface area (Å²) in [5.41, 5.74) is 3.44. The Balaban J connectivity index is 1.49. The quantitative estimate of drug-likeness (QED) is 0.423. The van der Waals surface area contributed by atoms with E-state index >= 15 is 0 Å². The molecule has 1 aliphatic rings. The number of morpholine rings is 1. The highest BCUT2D eigenvalue weighted by molar-refractivity contribution is 7.92. The lowest BCUT2D eigenvalue weighted by molar-refractivity contribution is -0.124. The van der Waals surface area contributed by atoms with Crippen LogP contribution in [0.15, 0.2) is 53.6 Å². The Morgan fingerprint density at radius 2 is 1.76 bits per heavy atom. The molecule has 10 heteroatoms. The van der Waals surface area contributed by atoms with E-state index in [-0.39, 0.29) is 18.5 Å². The topological polar surface area (TPSA) is 119 Å². The highest BCUT2D eigenvalue weighted by Gasteiger charge is 2.42. The van der Waals surface area contributed by atoms with Crippen LogP contribution in [0.25, 0.3) is 22.0 Å². The molecule has 0 unspecified atom stereocenters. The number of benzene rings is 2. The van der Waals surface area contributed by atoms with Gasteiger partial charge in [0.15, 0.2) is 15.6 Å². The number of hydrogen-bond acceptors (Lipinski definition) is 8. The maximum absolute atomic E-state index is 13.1. The van der Waals surface area contributed by atoms with Crippen molar-refractivity contribution in [3.05, 3.63) is 64.7 Å². The fraction of sp³-hybridized carbons (Fsp3) is 0.444. The van der Waals surface area contributed by atoms with E-state index in [9.17, 15) is 23.1 Å². The summed E-state index contributed by atoms with van der Waals surface area (Å²) in [4.78, 5) is 32.0. The Hall–Kier alpha value is -2.92. The number of hydrogen-bond donors (Lipinski definition) is 1. The largest absolute Gasteiger partial charge is 0.389 e. The molecule has 1 atom stereocenters. The van der Waals surface area contributed by atoms with E-state index < -0.39 is 27.0 Å². The number of sulfone groups is 1. The highest BCUT2D eigenvalue weighted by Crippen LogP contribution is 2.25. The van der Waals surface area contributed by atoms with Crippen molar-refractivity contribution in [3.8, 4) is 11.1 Å². The smallest absolute Gasteiger partial charge is 0.261 e. The molecule has 1 fully saturated rings. The van der Waals surface area contributed by atoms with Gasteiger partial charge in [0.1, 0.15) is 11.4 Å². The number of nitrogens with zero attached hydrogens (tertiary/aromatic N) is 3. The van der Waals surface area contributed by atoms with Gasteiger partial charge in [0, 0.05) is 32.4 Å². The number of aryl methyl sites for hydroxylation is 1. The summed E-state index contributed by atoms with van der Waals surface area (Å²) in [6.07, 6.45) is 3.16. The summed E-state index contributed by atoms with van der Waals surface area (Å²) in [5.74, 6) is -0.798. The molecule has 0 aliphatic carbocycles. The number of Topliss-reactive ketones (excluding diaryl/α,β-unsaturated/α-hetero) is 1. The van der Waals surface area contributed by atoms with E-state index in [1.165, 1.54) is 23.4 Å². The first kappa shape index (κ1) is 27.1. The zero-order valence-corrected chi connectivity index (χ0v) is 22.0. The van der Waals surface area contributed by atoms with Gasteiger partial charge in [-0.05, 0) is 48.6 Å². The molecule has 2 heterocycles. The van der Waals surface area contributed by atoms with Crippen LogP contribution in [0, 0.1) is 0 Å². The van der Waals surface area contributed by atoms with Crippen molar-refractivity contribution in [1.82, 2.24) is 14.5 Å². The van der Waals surface area contributed by atoms with Gasteiger partial charge in [0.25, 0.3) is 5.56 Å². The molecule has 0 radical (unpaired) electrons. The lowest BCUT2D eigenvalue weighted by atomic mass is 10.0. The van der Waals surface area contributed by atoms with Gasteiger partial charge in [-0.3, -0.25) is 19.1 Å². The molecule has 1 N–H and O–H groups in total. The van der Waals surface area contributed by atoms with Crippen LogP contribution >= 0.6 is 0 Å². The Kier molecular flexibility index (Phi) is 8.23. The molecule has 9 nitrogen and oxygen atoms in total. The van der Waals surface area contributed by atoms with Crippen molar-refractivity contribution in [2.45, 2.75) is 31.1 Å². The van der Waals surface area contributed by atoms with Gasteiger partial charge in [-0.2, -0.15) is 0 Å². The van der Waals surface area contributed by atoms with Crippen molar-refractivity contribution in [2.24, 2.45) is 0 Å². The molecule has 0 spiro atoms. The van der Waals surface area contributed by atoms with Crippen LogP contribution in [0.2, 0.25) is 0 Å². The molecule has 2 aromatic carbocycles. The summed E-state index contributed by atoms with van der Waals surface area (Å²) < 4.78 is 29.4. The monoisotopic (exact) mass is 527 g/mol. The van der Waals surface area contributed by atoms with E-state index in [4.69, 9.17) is 4.74 Å². The predicted molar refractivity (Wildman–Crippen MR) is 142 cm³/mol. The number of carbonyl (C=O) groups is 1. The number of rotatable bonds is 10. The summed E-state index contributed by atoms with van der Waals surface area (Å²) in [6.45, 7) is 4.92. The third kappa shape index (κ3) is 5.98. The molecule has 1 aliphatic heterocycles. The normalized spacial score (nSPS) is 16.5. The fourth-order valence-corrected chi connectivity index (χ4v) is 5.45. The van der Waals surface area contributed by atoms with Crippen LogP contribution in [-0.4, -0.2) is 84.2 Å². The van der Waals surface area contributed by atoms with E-state index in [1.807, 2.05) is 12.1 Å². The first-order valence-electron chi connectivity index (χ1n) is 12.3. The Morgan fingerprint density at radius 1 is 1.08 bits per heavy atom. The van der Waals surface area contributed by atoms with Crippen LogP contribution in [0.4, 0.5) is 0 Å². The summed E-state index contributed by atoms with van der Waals surface area (Å²) in [6, 6.07) is 13.8. The van der Waals surface area contributed by atoms with Crippen molar-refractivity contribution in [1.29, 1.82) is 0 Å². The molecule has 1 aromatic heterocycles. The van der Waals surface area contributed by atoms with Gasteiger partial charge >= 0.3 is 0 Å². The lowest BCUT2D eigenvalue weighted by Gasteiger charge is -2.26. The Labute approximate surface area is 216 Å². The molecule has 0 amide bonds. The first-order chi connectivity index (χ1) is 17.6. The average molecular weight is 528 g/mol. The molecular weight excluding hydrogens is 494 g/mol. The van der Waals surface area contributed by atoms with Gasteiger partial charge in [-0.1, -0.05) is 30.3 Å². The standard InChI is InChI=1S/C27H33N3O6S/c1-27(25(32)18-31,37(2,34)35)10-12-30-19-28-24-17-22(7-8-23(24)26(30)33)21-5-3-20(4-6-21)9-11-29-13-15-36-16-14-29/h3-8,17,19,31H,9-16,18H2,1-2H3/t27-/m1/s1. The maximum Gasteiger partial charge on any atom is 0.261 e. The van der Waals surface area contributed by atoms with Gasteiger partial charge in [0.05, 0.1) is 30.4 Å². The lowest BCUT2D eigenvalue weighted by Crippen LogP contribution is -2.46. The number of fused-ring (bicyclic) bond motifs is 1. The van der Waals surface area contributed by atoms with Gasteiger partial charge in [0.2, 0.25) is 0 Å². The van der Waals surface area contributed by atoms with Crippen LogP contribution in [0.3, 0.4) is 0 Å². The summed E-state index contributed by atoms with van der Waals surface area (Å²) >= 11 is 0. The molecule has 4 rings (SSSR count). The Morgan fingerprint density at radius 3 is 2.41 bits per heavy atom. The molecule has 0 saturated carbocycles. The number of carbonyl (C=O) groups excluding carboxylic acids is 1. The van der Waals surface area contributed by atoms with Crippen LogP contribution in [-0.2, 0) is 32.3 Å². The van der Waals surface area contributed by atoms with Gasteiger partial charge < -0.3 is 9.84 Å². The number of aromatic nitrogens is 2. The SMILES string of the molecule is C[C@@](CCn1cnc2cc(-c3ccc(CCN4CCOCC4)cc3)ccc2c1=O)(C(=O)CO)S(C)(=O)=O. The molecule has 1 saturated heterocycles. The van der Waals surface area contributed by atoms with E-state index in [1.54, 1.807) is 6.07 Å². The van der Waals surface area contributed by atoms with E-state index in [2.05, 4.69) is 34.1 Å². The highest BCUT2D eigenvalue weighted by atomic mass is 32.2. The summed E-state index contributed by atoms with van der Waals surface area (Å²) in [5, 5.41) is 9.65. The third-order valence-corrected chi connectivity index (χ3v) is 9.38. The van der Waals surface area contributed by atoms with E-state index in [0.717, 1.165) is 56.7 Å². The van der Waals surface area contributed by atoms with Crippen molar-refractivity contribution in [3.63, 3.8) is 0 Å². The number of ketones is 1. The fourth-order valence-electron chi connectivity index (χ4n) is 4.51. The van der Waals surface area contributed by atoms with Crippen molar-refractivity contribution >= 4 is 26.5 Å². The van der Waals surface area contributed by atoms with Crippen molar-refractivity contribution < 1.29 is 23.1 Å². The summed E-state index contributed by atoms with van der Waals surface area (Å²) in [7, 11) is -3.80. The van der Waals surface area contributed by atoms with Crippen LogP contribution in [0.5, 0.6) is 0 Å². The predicted octanol–water partition coefficient (Wildman–Crippen LogP) is 1.69. The number of aliphatic hydroxyl groups is 1. The van der Waals surface area contributed by atoms with E-state index in [0.29, 0.717) is 10.9 Å². The third-order valence-electron chi connectivity index (χ3n) is 7.31. The second kappa shape index (κ2) is 11.2. The molecule has 0 bridgehead atoms. The van der Waals surface area contributed by atoms with Crippen LogP contribution in [0.1, 0.15) is 18.9 Å². The molecule has 198 valence electrons. The number of ether oxygens (including phenoxy) is 1. The minimum atomic E-state index is -3.80. The zero-order valence-electron chi connectivity index (χ0n) is 21.2. The second-order valence-corrected chi connectivity index (χ2v) is 12.2. The molecular formula is C27H33N3O6S. The van der Waals surface area contributed by atoms with Gasteiger partial charge in [-0.15, -0.1) is 0 Å². The second-order valence-electron chi connectivity index (χ2n) is 9.71. The molecule has 37 heavy (non-hydrogen) atoms. The van der Waals surface area contributed by atoms with Gasteiger partial charge in [-0.25, -0.2) is 13.4 Å². The maximum atomic E-state index is 13.1.